The minimum absolute atomic E-state index is 0.200. The summed E-state index contributed by atoms with van der Waals surface area (Å²) in [5.41, 5.74) is 3.60. The highest BCUT2D eigenvalue weighted by Gasteiger charge is 2.28. The van der Waals surface area contributed by atoms with Gasteiger partial charge in [0.1, 0.15) is 5.92 Å². The number of rotatable bonds is 2. The lowest BCUT2D eigenvalue weighted by Gasteiger charge is -2.08. The first-order valence-corrected chi connectivity index (χ1v) is 6.25. The van der Waals surface area contributed by atoms with Crippen LogP contribution in [0.3, 0.4) is 0 Å². The highest BCUT2D eigenvalue weighted by atomic mass is 32.2. The number of hydrazone groups is 1. The molecule has 0 saturated carbocycles. The molecule has 0 unspecified atom stereocenters. The standard InChI is InChI=1S/C10H10N2O4S/c1-6-9(10(13)12-11-6)7-2-4-8(5-3-7)17(14,15)16/h2-5,9H,1H3,(H,12,13)(H,14,15,16)/t9-/m1/s1. The van der Waals surface area contributed by atoms with Crippen molar-refractivity contribution >= 4 is 21.7 Å². The Morgan fingerprint density at radius 2 is 1.88 bits per heavy atom. The summed E-state index contributed by atoms with van der Waals surface area (Å²) >= 11 is 0. The fourth-order valence-electron chi connectivity index (χ4n) is 1.69. The highest BCUT2D eigenvalue weighted by Crippen LogP contribution is 2.22. The van der Waals surface area contributed by atoms with E-state index in [1.165, 1.54) is 24.3 Å². The highest BCUT2D eigenvalue weighted by molar-refractivity contribution is 7.85. The molecule has 1 atom stereocenters. The molecule has 1 amide bonds. The predicted octanol–water partition coefficient (Wildman–Crippen LogP) is 0.523. The smallest absolute Gasteiger partial charge is 0.282 e. The Bertz CT molecular complexity index is 589. The second kappa shape index (κ2) is 3.94. The molecule has 2 N–H and O–H groups in total. The first kappa shape index (κ1) is 11.7. The van der Waals surface area contributed by atoms with E-state index in [9.17, 15) is 13.2 Å². The van der Waals surface area contributed by atoms with Crippen LogP contribution in [-0.4, -0.2) is 24.6 Å². The van der Waals surface area contributed by atoms with Gasteiger partial charge in [0.2, 0.25) is 0 Å². The quantitative estimate of drug-likeness (QED) is 0.752. The van der Waals surface area contributed by atoms with Gasteiger partial charge < -0.3 is 0 Å². The summed E-state index contributed by atoms with van der Waals surface area (Å²) in [4.78, 5) is 11.3. The third-order valence-corrected chi connectivity index (χ3v) is 3.40. The zero-order chi connectivity index (χ0) is 12.6. The van der Waals surface area contributed by atoms with Crippen LogP contribution in [0.1, 0.15) is 18.4 Å². The molecule has 1 heterocycles. The minimum atomic E-state index is -4.20. The fraction of sp³-hybridized carbons (Fsp3) is 0.200. The number of nitrogens with one attached hydrogen (secondary N) is 1. The van der Waals surface area contributed by atoms with Gasteiger partial charge in [0.15, 0.2) is 0 Å². The van der Waals surface area contributed by atoms with Gasteiger partial charge in [-0.3, -0.25) is 9.35 Å². The third-order valence-electron chi connectivity index (χ3n) is 2.53. The molecule has 6 nitrogen and oxygen atoms in total. The monoisotopic (exact) mass is 254 g/mol. The summed E-state index contributed by atoms with van der Waals surface area (Å²) in [5.74, 6) is -0.743. The molecule has 2 rings (SSSR count). The lowest BCUT2D eigenvalue weighted by Crippen LogP contribution is -2.20. The second-order valence-corrected chi connectivity index (χ2v) is 5.13. The van der Waals surface area contributed by atoms with Crippen molar-refractivity contribution in [2.45, 2.75) is 17.7 Å². The molecule has 90 valence electrons. The van der Waals surface area contributed by atoms with Crippen LogP contribution in [-0.2, 0) is 14.9 Å². The topological polar surface area (TPSA) is 95.8 Å². The van der Waals surface area contributed by atoms with Crippen molar-refractivity contribution in [3.63, 3.8) is 0 Å². The van der Waals surface area contributed by atoms with Crippen molar-refractivity contribution in [1.82, 2.24) is 5.43 Å². The summed E-state index contributed by atoms with van der Waals surface area (Å²) < 4.78 is 30.5. The molecule has 0 fully saturated rings. The van der Waals surface area contributed by atoms with E-state index in [0.29, 0.717) is 11.3 Å². The molecule has 0 saturated heterocycles. The first-order valence-electron chi connectivity index (χ1n) is 4.81. The number of benzene rings is 1. The number of hydrogen-bond donors (Lipinski definition) is 2. The van der Waals surface area contributed by atoms with Crippen molar-refractivity contribution in [2.24, 2.45) is 5.10 Å². The molecule has 0 bridgehead atoms. The van der Waals surface area contributed by atoms with Gasteiger partial charge in [-0.15, -0.1) is 0 Å². The predicted molar refractivity (Wildman–Crippen MR) is 60.2 cm³/mol. The Morgan fingerprint density at radius 1 is 1.29 bits per heavy atom. The Kier molecular flexibility index (Phi) is 2.72. The maximum Gasteiger partial charge on any atom is 0.294 e. The SMILES string of the molecule is CC1=NNC(=O)[C@H]1c1ccc(S(=O)(=O)O)cc1. The third kappa shape index (κ3) is 2.20. The van der Waals surface area contributed by atoms with E-state index in [2.05, 4.69) is 10.5 Å². The zero-order valence-corrected chi connectivity index (χ0v) is 9.73. The molecule has 1 aromatic rings. The zero-order valence-electron chi connectivity index (χ0n) is 8.91. The number of carbonyl (C=O) groups excluding carboxylic acids is 1. The van der Waals surface area contributed by atoms with Gasteiger partial charge in [-0.05, 0) is 24.6 Å². The lowest BCUT2D eigenvalue weighted by molar-refractivity contribution is -0.120. The van der Waals surface area contributed by atoms with Crippen LogP contribution in [0.4, 0.5) is 0 Å². The molecular weight excluding hydrogens is 244 g/mol. The van der Waals surface area contributed by atoms with Crippen LogP contribution in [0, 0.1) is 0 Å². The Labute approximate surface area is 98.1 Å². The second-order valence-electron chi connectivity index (χ2n) is 3.71. The van der Waals surface area contributed by atoms with Crippen LogP contribution in [0.5, 0.6) is 0 Å². The minimum Gasteiger partial charge on any atom is -0.282 e. The first-order chi connectivity index (χ1) is 7.89. The number of hydrogen-bond acceptors (Lipinski definition) is 4. The van der Waals surface area contributed by atoms with Crippen molar-refractivity contribution < 1.29 is 17.8 Å². The Hall–Kier alpha value is -1.73. The maximum atomic E-state index is 11.5. The number of carbonyl (C=O) groups is 1. The van der Waals surface area contributed by atoms with Gasteiger partial charge in [-0.2, -0.15) is 13.5 Å². The molecule has 0 aromatic heterocycles. The lowest BCUT2D eigenvalue weighted by atomic mass is 9.95. The molecule has 7 heteroatoms. The van der Waals surface area contributed by atoms with Crippen LogP contribution in [0.15, 0.2) is 34.3 Å². The van der Waals surface area contributed by atoms with Crippen molar-refractivity contribution in [3.05, 3.63) is 29.8 Å². The Morgan fingerprint density at radius 3 is 2.29 bits per heavy atom. The molecule has 1 aliphatic rings. The van der Waals surface area contributed by atoms with Crippen LogP contribution in [0.2, 0.25) is 0 Å². The largest absolute Gasteiger partial charge is 0.294 e. The summed E-state index contributed by atoms with van der Waals surface area (Å²) in [6, 6.07) is 5.47. The van der Waals surface area contributed by atoms with Crippen molar-refractivity contribution in [1.29, 1.82) is 0 Å². The van der Waals surface area contributed by atoms with Gasteiger partial charge in [0, 0.05) is 0 Å². The van der Waals surface area contributed by atoms with Crippen molar-refractivity contribution in [3.8, 4) is 0 Å². The summed E-state index contributed by atoms with van der Waals surface area (Å²) in [6.45, 7) is 1.71. The summed E-state index contributed by atoms with van der Waals surface area (Å²) in [5, 5.41) is 3.80. The van der Waals surface area contributed by atoms with E-state index in [4.69, 9.17) is 4.55 Å². The van der Waals surface area contributed by atoms with Gasteiger partial charge in [-0.25, -0.2) is 5.43 Å². The Balaban J connectivity index is 2.37. The number of amides is 1. The van der Waals surface area contributed by atoms with Gasteiger partial charge in [0.05, 0.1) is 10.6 Å². The van der Waals surface area contributed by atoms with Crippen LogP contribution in [0.25, 0.3) is 0 Å². The molecular formula is C10H10N2O4S. The average Bonchev–Trinajstić information content (AvgIpc) is 2.58. The normalized spacial score (nSPS) is 20.0. The molecule has 0 spiro atoms. The van der Waals surface area contributed by atoms with Crippen LogP contribution < -0.4 is 5.43 Å². The van der Waals surface area contributed by atoms with Gasteiger partial charge in [0.25, 0.3) is 16.0 Å². The van der Waals surface area contributed by atoms with E-state index < -0.39 is 16.0 Å². The molecule has 0 aliphatic carbocycles. The van der Waals surface area contributed by atoms with E-state index in [1.807, 2.05) is 0 Å². The molecule has 1 aliphatic heterocycles. The van der Waals surface area contributed by atoms with Crippen molar-refractivity contribution in [2.75, 3.05) is 0 Å². The van der Waals surface area contributed by atoms with Crippen LogP contribution >= 0.6 is 0 Å². The van der Waals surface area contributed by atoms with Gasteiger partial charge in [-0.1, -0.05) is 12.1 Å². The molecule has 1 aromatic carbocycles. The fourth-order valence-corrected chi connectivity index (χ4v) is 2.17. The van der Waals surface area contributed by atoms with Gasteiger partial charge >= 0.3 is 0 Å². The summed E-state index contributed by atoms with van der Waals surface area (Å²) in [7, 11) is -4.20. The van der Waals surface area contributed by atoms with E-state index in [0.717, 1.165) is 0 Å². The number of nitrogens with zero attached hydrogens (tertiary/aromatic N) is 1. The average molecular weight is 254 g/mol. The maximum absolute atomic E-state index is 11.5. The van der Waals surface area contributed by atoms with E-state index >= 15 is 0 Å². The van der Waals surface area contributed by atoms with E-state index in [-0.39, 0.29) is 10.8 Å². The molecule has 0 radical (unpaired) electrons. The summed E-state index contributed by atoms with van der Waals surface area (Å²) in [6.07, 6.45) is 0. The van der Waals surface area contributed by atoms with E-state index in [1.54, 1.807) is 6.92 Å². The molecule has 17 heavy (non-hydrogen) atoms.